The summed E-state index contributed by atoms with van der Waals surface area (Å²) >= 11 is 0. The highest BCUT2D eigenvalue weighted by Gasteiger charge is 2.26. The smallest absolute Gasteiger partial charge is 0.170 e. The van der Waals surface area contributed by atoms with E-state index in [9.17, 15) is 4.79 Å². The molecule has 0 amide bonds. The Kier molecular flexibility index (Phi) is 4.05. The van der Waals surface area contributed by atoms with Crippen molar-refractivity contribution in [2.24, 2.45) is 5.92 Å². The Morgan fingerprint density at radius 2 is 1.81 bits per heavy atom. The fourth-order valence-corrected chi connectivity index (χ4v) is 3.09. The lowest BCUT2D eigenvalue weighted by Crippen LogP contribution is -2.23. The molecule has 3 rings (SSSR count). The van der Waals surface area contributed by atoms with Crippen molar-refractivity contribution in [1.29, 1.82) is 0 Å². The van der Waals surface area contributed by atoms with Crippen molar-refractivity contribution < 1.29 is 9.53 Å². The molecule has 0 N–H and O–H groups in total. The van der Waals surface area contributed by atoms with E-state index in [4.69, 9.17) is 4.74 Å². The molecule has 0 radical (unpaired) electrons. The van der Waals surface area contributed by atoms with E-state index in [1.54, 1.807) is 0 Å². The number of carbonyl (C=O) groups excluding carboxylic acids is 1. The van der Waals surface area contributed by atoms with Crippen molar-refractivity contribution in [2.45, 2.75) is 26.2 Å². The Morgan fingerprint density at radius 1 is 1.10 bits per heavy atom. The molecule has 2 heteroatoms. The number of fused-ring (bicyclic) bond motifs is 1. The van der Waals surface area contributed by atoms with E-state index in [1.807, 2.05) is 31.2 Å². The number of carbonyl (C=O) groups is 1. The summed E-state index contributed by atoms with van der Waals surface area (Å²) in [5, 5.41) is 0. The third kappa shape index (κ3) is 2.85. The van der Waals surface area contributed by atoms with Gasteiger partial charge in [-0.05, 0) is 49.4 Å². The summed E-state index contributed by atoms with van der Waals surface area (Å²) in [6.07, 6.45) is 2.76. The number of Topliss-reactive ketones (excluding diaryl/α,β-unsaturated/α-hetero) is 1. The Labute approximate surface area is 125 Å². The molecule has 0 saturated heterocycles. The van der Waals surface area contributed by atoms with E-state index >= 15 is 0 Å². The number of hydrogen-bond acceptors (Lipinski definition) is 2. The van der Waals surface area contributed by atoms with Crippen molar-refractivity contribution in [3.05, 3.63) is 65.2 Å². The second-order valence-corrected chi connectivity index (χ2v) is 5.50. The van der Waals surface area contributed by atoms with E-state index in [0.29, 0.717) is 12.4 Å². The van der Waals surface area contributed by atoms with E-state index in [-0.39, 0.29) is 11.7 Å². The zero-order chi connectivity index (χ0) is 14.7. The Balaban J connectivity index is 1.84. The SMILES string of the molecule is CCOc1ccccc1C(=O)C1CCc2ccccc2C1. The van der Waals surface area contributed by atoms with Crippen LogP contribution in [-0.2, 0) is 12.8 Å². The lowest BCUT2D eigenvalue weighted by Gasteiger charge is -2.24. The molecular formula is C19H20O2. The molecule has 1 unspecified atom stereocenters. The van der Waals surface area contributed by atoms with Crippen LogP contribution in [0.2, 0.25) is 0 Å². The summed E-state index contributed by atoms with van der Waals surface area (Å²) in [6, 6.07) is 16.0. The molecular weight excluding hydrogens is 260 g/mol. The predicted octanol–water partition coefficient (Wildman–Crippen LogP) is 4.07. The molecule has 0 bridgehead atoms. The first-order valence-electron chi connectivity index (χ1n) is 7.62. The number of aryl methyl sites for hydroxylation is 1. The maximum atomic E-state index is 12.8. The molecule has 0 aromatic heterocycles. The number of rotatable bonds is 4. The van der Waals surface area contributed by atoms with Gasteiger partial charge in [-0.15, -0.1) is 0 Å². The highest BCUT2D eigenvalue weighted by atomic mass is 16.5. The normalized spacial score (nSPS) is 17.1. The van der Waals surface area contributed by atoms with E-state index in [2.05, 4.69) is 24.3 Å². The zero-order valence-corrected chi connectivity index (χ0v) is 12.3. The quantitative estimate of drug-likeness (QED) is 0.789. The fourth-order valence-electron chi connectivity index (χ4n) is 3.09. The van der Waals surface area contributed by atoms with Gasteiger partial charge in [0.2, 0.25) is 0 Å². The number of para-hydroxylation sites is 1. The van der Waals surface area contributed by atoms with Gasteiger partial charge >= 0.3 is 0 Å². The van der Waals surface area contributed by atoms with Gasteiger partial charge in [0.1, 0.15) is 5.75 Å². The fraction of sp³-hybridized carbons (Fsp3) is 0.316. The van der Waals surface area contributed by atoms with Gasteiger partial charge in [0.15, 0.2) is 5.78 Å². The summed E-state index contributed by atoms with van der Waals surface area (Å²) in [5.41, 5.74) is 3.43. The van der Waals surface area contributed by atoms with E-state index in [1.165, 1.54) is 11.1 Å². The highest BCUT2D eigenvalue weighted by molar-refractivity contribution is 6.00. The second kappa shape index (κ2) is 6.13. The minimum absolute atomic E-state index is 0.0708. The average Bonchev–Trinajstić information content (AvgIpc) is 2.54. The van der Waals surface area contributed by atoms with Gasteiger partial charge in [0.25, 0.3) is 0 Å². The molecule has 21 heavy (non-hydrogen) atoms. The highest BCUT2D eigenvalue weighted by Crippen LogP contribution is 2.30. The van der Waals surface area contributed by atoms with Gasteiger partial charge in [-0.1, -0.05) is 36.4 Å². The molecule has 0 saturated carbocycles. The van der Waals surface area contributed by atoms with Crippen LogP contribution >= 0.6 is 0 Å². The minimum Gasteiger partial charge on any atom is -0.493 e. The lowest BCUT2D eigenvalue weighted by atomic mass is 9.80. The molecule has 2 aromatic rings. The number of ketones is 1. The topological polar surface area (TPSA) is 26.3 Å². The van der Waals surface area contributed by atoms with Crippen molar-refractivity contribution in [3.8, 4) is 5.75 Å². The van der Waals surface area contributed by atoms with Gasteiger partial charge in [-0.3, -0.25) is 4.79 Å². The van der Waals surface area contributed by atoms with Crippen LogP contribution in [0.3, 0.4) is 0 Å². The largest absolute Gasteiger partial charge is 0.493 e. The van der Waals surface area contributed by atoms with Gasteiger partial charge in [0, 0.05) is 5.92 Å². The third-order valence-electron chi connectivity index (χ3n) is 4.17. The molecule has 108 valence electrons. The first-order chi connectivity index (χ1) is 10.3. The van der Waals surface area contributed by atoms with Crippen LogP contribution in [0, 0.1) is 5.92 Å². The third-order valence-corrected chi connectivity index (χ3v) is 4.17. The number of benzene rings is 2. The van der Waals surface area contributed by atoms with Crippen LogP contribution in [0.15, 0.2) is 48.5 Å². The Bertz CT molecular complexity index is 646. The Hall–Kier alpha value is -2.09. The molecule has 0 fully saturated rings. The predicted molar refractivity (Wildman–Crippen MR) is 83.9 cm³/mol. The van der Waals surface area contributed by atoms with Crippen LogP contribution in [0.4, 0.5) is 0 Å². The average molecular weight is 280 g/mol. The number of hydrogen-bond donors (Lipinski definition) is 0. The van der Waals surface area contributed by atoms with Crippen LogP contribution in [0.5, 0.6) is 5.75 Å². The number of ether oxygens (including phenoxy) is 1. The van der Waals surface area contributed by atoms with E-state index in [0.717, 1.165) is 24.8 Å². The molecule has 2 nitrogen and oxygen atoms in total. The summed E-state index contributed by atoms with van der Waals surface area (Å²) < 4.78 is 5.60. The molecule has 1 atom stereocenters. The second-order valence-electron chi connectivity index (χ2n) is 5.50. The van der Waals surface area contributed by atoms with Crippen LogP contribution in [0.25, 0.3) is 0 Å². The molecule has 1 aliphatic carbocycles. The van der Waals surface area contributed by atoms with Crippen LogP contribution in [0.1, 0.15) is 34.8 Å². The maximum absolute atomic E-state index is 12.8. The van der Waals surface area contributed by atoms with Gasteiger partial charge in [-0.2, -0.15) is 0 Å². The van der Waals surface area contributed by atoms with Gasteiger partial charge in [-0.25, -0.2) is 0 Å². The first-order valence-corrected chi connectivity index (χ1v) is 7.62. The molecule has 2 aromatic carbocycles. The zero-order valence-electron chi connectivity index (χ0n) is 12.3. The van der Waals surface area contributed by atoms with Crippen molar-refractivity contribution in [1.82, 2.24) is 0 Å². The molecule has 0 spiro atoms. The summed E-state index contributed by atoms with van der Waals surface area (Å²) in [7, 11) is 0. The molecule has 0 aliphatic heterocycles. The maximum Gasteiger partial charge on any atom is 0.170 e. The Morgan fingerprint density at radius 3 is 2.62 bits per heavy atom. The van der Waals surface area contributed by atoms with Crippen molar-refractivity contribution >= 4 is 5.78 Å². The van der Waals surface area contributed by atoms with Crippen molar-refractivity contribution in [2.75, 3.05) is 6.61 Å². The molecule has 1 aliphatic rings. The van der Waals surface area contributed by atoms with Crippen LogP contribution < -0.4 is 4.74 Å². The lowest BCUT2D eigenvalue weighted by molar-refractivity contribution is 0.0905. The van der Waals surface area contributed by atoms with Gasteiger partial charge < -0.3 is 4.74 Å². The minimum atomic E-state index is 0.0708. The van der Waals surface area contributed by atoms with Crippen molar-refractivity contribution in [3.63, 3.8) is 0 Å². The standard InChI is InChI=1S/C19H20O2/c1-2-21-18-10-6-5-9-17(18)19(20)16-12-11-14-7-3-4-8-15(14)13-16/h3-10,16H,2,11-13H2,1H3. The summed E-state index contributed by atoms with van der Waals surface area (Å²) in [4.78, 5) is 12.8. The summed E-state index contributed by atoms with van der Waals surface area (Å²) in [6.45, 7) is 2.52. The first kappa shape index (κ1) is 13.9. The molecule has 0 heterocycles. The van der Waals surface area contributed by atoms with Crippen LogP contribution in [-0.4, -0.2) is 12.4 Å². The monoisotopic (exact) mass is 280 g/mol. The summed E-state index contributed by atoms with van der Waals surface area (Å²) in [5.74, 6) is 0.999. The van der Waals surface area contributed by atoms with Gasteiger partial charge in [0.05, 0.1) is 12.2 Å². The van der Waals surface area contributed by atoms with E-state index < -0.39 is 0 Å².